The number of fused-ring (bicyclic) bond motifs is 1. The molecule has 2 aliphatic heterocycles. The molecule has 1 saturated heterocycles. The molecular weight excluding hydrogens is 369 g/mol. The third kappa shape index (κ3) is 3.54. The summed E-state index contributed by atoms with van der Waals surface area (Å²) in [7, 11) is -3.43. The van der Waals surface area contributed by atoms with Crippen molar-refractivity contribution in [1.82, 2.24) is 4.90 Å². The summed E-state index contributed by atoms with van der Waals surface area (Å²) < 4.78 is 64.1. The number of carbonyl (C=O) groups excluding carboxylic acids is 1. The van der Waals surface area contributed by atoms with E-state index in [1.54, 1.807) is 19.1 Å². The molecule has 9 heteroatoms. The van der Waals surface area contributed by atoms with Crippen molar-refractivity contribution < 1.29 is 26.4 Å². The minimum Gasteiger partial charge on any atom is -0.338 e. The average Bonchev–Trinajstić information content (AvgIpc) is 2.88. The smallest absolute Gasteiger partial charge is 0.338 e. The Morgan fingerprint density at radius 3 is 2.58 bits per heavy atom. The summed E-state index contributed by atoms with van der Waals surface area (Å²) in [5.74, 6) is -1.93. The molecule has 5 nitrogen and oxygen atoms in total. The van der Waals surface area contributed by atoms with Gasteiger partial charge in [-0.3, -0.25) is 9.10 Å². The number of nitrogens with zero attached hydrogens (tertiary/aromatic N) is 2. The molecule has 3 rings (SSSR count). The molecule has 1 amide bonds. The lowest BCUT2D eigenvalue weighted by Crippen LogP contribution is -2.44. The van der Waals surface area contributed by atoms with Crippen molar-refractivity contribution in [2.45, 2.75) is 38.4 Å². The van der Waals surface area contributed by atoms with Crippen LogP contribution in [-0.2, 0) is 16.4 Å². The molecule has 0 aromatic heterocycles. The molecule has 26 heavy (non-hydrogen) atoms. The lowest BCUT2D eigenvalue weighted by atomic mass is 9.96. The van der Waals surface area contributed by atoms with E-state index in [0.29, 0.717) is 30.6 Å². The molecule has 1 aromatic rings. The normalized spacial score (nSPS) is 23.9. The molecule has 0 spiro atoms. The summed E-state index contributed by atoms with van der Waals surface area (Å²) in [6.45, 7) is 1.75. The van der Waals surface area contributed by atoms with Crippen LogP contribution in [0.4, 0.5) is 18.9 Å². The second-order valence-electron chi connectivity index (χ2n) is 7.09. The Balaban J connectivity index is 1.83. The van der Waals surface area contributed by atoms with Gasteiger partial charge in [-0.1, -0.05) is 0 Å². The van der Waals surface area contributed by atoms with E-state index in [1.807, 2.05) is 0 Å². The van der Waals surface area contributed by atoms with Gasteiger partial charge >= 0.3 is 6.18 Å². The number of hydrogen-bond donors (Lipinski definition) is 0. The fraction of sp³-hybridized carbons (Fsp3) is 0.588. The Labute approximate surface area is 150 Å². The quantitative estimate of drug-likeness (QED) is 0.780. The zero-order valence-electron chi connectivity index (χ0n) is 14.6. The number of hydrogen-bond acceptors (Lipinski definition) is 3. The summed E-state index contributed by atoms with van der Waals surface area (Å²) in [6.07, 6.45) is -2.35. The molecule has 2 heterocycles. The van der Waals surface area contributed by atoms with Crippen LogP contribution in [0.2, 0.25) is 0 Å². The SMILES string of the molecule is CC1Cc2cc(C(=O)N3CCCC(C(F)(F)F)C3)ccc2N1S(C)(=O)=O. The van der Waals surface area contributed by atoms with E-state index in [-0.39, 0.29) is 19.0 Å². The summed E-state index contributed by atoms with van der Waals surface area (Å²) in [6, 6.07) is 4.42. The Morgan fingerprint density at radius 2 is 1.96 bits per heavy atom. The van der Waals surface area contributed by atoms with E-state index in [2.05, 4.69) is 0 Å². The van der Waals surface area contributed by atoms with Gasteiger partial charge < -0.3 is 4.90 Å². The van der Waals surface area contributed by atoms with Gasteiger partial charge in [0.15, 0.2) is 0 Å². The van der Waals surface area contributed by atoms with E-state index in [4.69, 9.17) is 0 Å². The first-order chi connectivity index (χ1) is 12.0. The summed E-state index contributed by atoms with van der Waals surface area (Å²) >= 11 is 0. The molecule has 0 bridgehead atoms. The number of alkyl halides is 3. The molecule has 2 unspecified atom stereocenters. The molecule has 0 N–H and O–H groups in total. The molecule has 144 valence electrons. The van der Waals surface area contributed by atoms with E-state index in [1.165, 1.54) is 15.3 Å². The zero-order chi connectivity index (χ0) is 19.3. The fourth-order valence-corrected chi connectivity index (χ4v) is 5.12. The highest BCUT2D eigenvalue weighted by atomic mass is 32.2. The predicted octanol–water partition coefficient (Wildman–Crippen LogP) is 2.81. The zero-order valence-corrected chi connectivity index (χ0v) is 15.4. The van der Waals surface area contributed by atoms with Crippen molar-refractivity contribution in [2.24, 2.45) is 5.92 Å². The fourth-order valence-electron chi connectivity index (χ4n) is 3.85. The third-order valence-corrected chi connectivity index (χ3v) is 6.28. The standard InChI is InChI=1S/C17H21F3N2O3S/c1-11-8-13-9-12(5-6-15(13)22(11)26(2,24)25)16(23)21-7-3-4-14(10-21)17(18,19)20/h5-6,9,11,14H,3-4,7-8,10H2,1-2H3. The first-order valence-electron chi connectivity index (χ1n) is 8.47. The summed E-state index contributed by atoms with van der Waals surface area (Å²) in [4.78, 5) is 13.9. The molecule has 0 aliphatic carbocycles. The summed E-state index contributed by atoms with van der Waals surface area (Å²) in [5, 5.41) is 0. The second-order valence-corrected chi connectivity index (χ2v) is 8.95. The highest BCUT2D eigenvalue weighted by Crippen LogP contribution is 2.36. The van der Waals surface area contributed by atoms with Gasteiger partial charge in [-0.15, -0.1) is 0 Å². The van der Waals surface area contributed by atoms with E-state index in [0.717, 1.165) is 11.8 Å². The molecule has 0 saturated carbocycles. The Bertz CT molecular complexity index is 823. The molecular formula is C17H21F3N2O3S. The van der Waals surface area contributed by atoms with Crippen LogP contribution < -0.4 is 4.31 Å². The Hall–Kier alpha value is -1.77. The second kappa shape index (κ2) is 6.44. The van der Waals surface area contributed by atoms with Gasteiger partial charge in [0.25, 0.3) is 5.91 Å². The van der Waals surface area contributed by atoms with Crippen LogP contribution in [0.1, 0.15) is 35.7 Å². The lowest BCUT2D eigenvalue weighted by Gasteiger charge is -2.33. The Morgan fingerprint density at radius 1 is 1.27 bits per heavy atom. The van der Waals surface area contributed by atoms with Crippen LogP contribution in [0.3, 0.4) is 0 Å². The minimum absolute atomic E-state index is 0.0400. The van der Waals surface area contributed by atoms with Crippen LogP contribution in [0.5, 0.6) is 0 Å². The van der Waals surface area contributed by atoms with Crippen LogP contribution >= 0.6 is 0 Å². The van der Waals surface area contributed by atoms with Gasteiger partial charge in [0, 0.05) is 24.7 Å². The van der Waals surface area contributed by atoms with Crippen molar-refractivity contribution in [3.8, 4) is 0 Å². The maximum absolute atomic E-state index is 13.0. The van der Waals surface area contributed by atoms with Gasteiger partial charge in [0.1, 0.15) is 0 Å². The van der Waals surface area contributed by atoms with E-state index < -0.39 is 28.0 Å². The van der Waals surface area contributed by atoms with Crippen LogP contribution in [0.25, 0.3) is 0 Å². The van der Waals surface area contributed by atoms with Gasteiger partial charge in [-0.2, -0.15) is 13.2 Å². The summed E-state index contributed by atoms with van der Waals surface area (Å²) in [5.41, 5.74) is 1.55. The van der Waals surface area contributed by atoms with Gasteiger partial charge in [0.2, 0.25) is 10.0 Å². The van der Waals surface area contributed by atoms with Crippen molar-refractivity contribution in [2.75, 3.05) is 23.7 Å². The number of benzene rings is 1. The molecule has 1 fully saturated rings. The molecule has 2 atom stereocenters. The van der Waals surface area contributed by atoms with Crippen molar-refractivity contribution >= 4 is 21.6 Å². The van der Waals surface area contributed by atoms with Crippen LogP contribution in [-0.4, -0.2) is 50.8 Å². The third-order valence-electron chi connectivity index (χ3n) is 5.01. The van der Waals surface area contributed by atoms with Crippen molar-refractivity contribution in [1.29, 1.82) is 0 Å². The predicted molar refractivity (Wildman–Crippen MR) is 91.6 cm³/mol. The average molecular weight is 390 g/mol. The number of carbonyl (C=O) groups is 1. The first kappa shape index (κ1) is 19.0. The van der Waals surface area contributed by atoms with E-state index >= 15 is 0 Å². The van der Waals surface area contributed by atoms with Gasteiger partial charge in [-0.05, 0) is 49.9 Å². The first-order valence-corrected chi connectivity index (χ1v) is 10.3. The largest absolute Gasteiger partial charge is 0.393 e. The van der Waals surface area contributed by atoms with Crippen molar-refractivity contribution in [3.05, 3.63) is 29.3 Å². The monoisotopic (exact) mass is 390 g/mol. The van der Waals surface area contributed by atoms with Gasteiger partial charge in [-0.25, -0.2) is 8.42 Å². The minimum atomic E-state index is -4.30. The van der Waals surface area contributed by atoms with Crippen LogP contribution in [0, 0.1) is 5.92 Å². The highest BCUT2D eigenvalue weighted by Gasteiger charge is 2.43. The van der Waals surface area contributed by atoms with Gasteiger partial charge in [0.05, 0.1) is 17.9 Å². The molecule has 1 aromatic carbocycles. The maximum atomic E-state index is 13.0. The molecule has 0 radical (unpaired) electrons. The highest BCUT2D eigenvalue weighted by molar-refractivity contribution is 7.92. The van der Waals surface area contributed by atoms with Crippen molar-refractivity contribution in [3.63, 3.8) is 0 Å². The number of amides is 1. The number of likely N-dealkylation sites (tertiary alicyclic amines) is 1. The number of anilines is 1. The number of halogens is 3. The van der Waals surface area contributed by atoms with Crippen LogP contribution in [0.15, 0.2) is 18.2 Å². The Kier molecular flexibility index (Phi) is 4.71. The lowest BCUT2D eigenvalue weighted by molar-refractivity contribution is -0.184. The molecule has 2 aliphatic rings. The number of piperidine rings is 1. The number of rotatable bonds is 2. The van der Waals surface area contributed by atoms with E-state index in [9.17, 15) is 26.4 Å². The topological polar surface area (TPSA) is 57.7 Å². The number of sulfonamides is 1. The maximum Gasteiger partial charge on any atom is 0.393 e.